The number of nitrogens with two attached hydrogens (primary N) is 1. The predicted molar refractivity (Wildman–Crippen MR) is 72.0 cm³/mol. The number of hydrogen-bond donors (Lipinski definition) is 4. The molecule has 0 spiro atoms. The average molecular weight is 277 g/mol. The number of carbonyl (C=O) groups is 2. The van der Waals surface area contributed by atoms with Gasteiger partial charge in [0, 0.05) is 13.2 Å². The van der Waals surface area contributed by atoms with E-state index in [0.717, 1.165) is 0 Å². The van der Waals surface area contributed by atoms with E-state index in [1.54, 1.807) is 13.1 Å². The number of rotatable bonds is 4. The lowest BCUT2D eigenvalue weighted by molar-refractivity contribution is -0.121. The molecule has 0 aliphatic rings. The lowest BCUT2D eigenvalue weighted by atomic mass is 10.3. The Balaban J connectivity index is 2.05. The Morgan fingerprint density at radius 3 is 2.85 bits per heavy atom. The van der Waals surface area contributed by atoms with Gasteiger partial charge >= 0.3 is 0 Å². The lowest BCUT2D eigenvalue weighted by Gasteiger charge is -2.01. The molecule has 0 aliphatic carbocycles. The fourth-order valence-electron chi connectivity index (χ4n) is 1.54. The van der Waals surface area contributed by atoms with E-state index in [0.29, 0.717) is 17.1 Å². The van der Waals surface area contributed by atoms with E-state index in [2.05, 4.69) is 25.9 Å². The van der Waals surface area contributed by atoms with Crippen LogP contribution in [-0.4, -0.2) is 38.8 Å². The predicted octanol–water partition coefficient (Wildman–Crippen LogP) is -0.505. The first-order chi connectivity index (χ1) is 9.51. The van der Waals surface area contributed by atoms with Gasteiger partial charge in [0.15, 0.2) is 5.69 Å². The molecule has 0 bridgehead atoms. The van der Waals surface area contributed by atoms with Crippen LogP contribution in [0.3, 0.4) is 0 Å². The van der Waals surface area contributed by atoms with Gasteiger partial charge in [-0.1, -0.05) is 0 Å². The normalized spacial score (nSPS) is 10.3. The van der Waals surface area contributed by atoms with Crippen LogP contribution in [0.4, 0.5) is 11.4 Å². The lowest BCUT2D eigenvalue weighted by Crippen LogP contribution is -2.23. The van der Waals surface area contributed by atoms with Crippen molar-refractivity contribution in [2.75, 3.05) is 18.1 Å². The monoisotopic (exact) mass is 277 g/mol. The van der Waals surface area contributed by atoms with Gasteiger partial charge in [-0.2, -0.15) is 10.2 Å². The molecule has 0 atom stereocenters. The summed E-state index contributed by atoms with van der Waals surface area (Å²) in [4.78, 5) is 23.1. The van der Waals surface area contributed by atoms with Gasteiger partial charge in [0.25, 0.3) is 5.91 Å². The topological polar surface area (TPSA) is 131 Å². The van der Waals surface area contributed by atoms with Crippen molar-refractivity contribution in [3.05, 3.63) is 23.8 Å². The van der Waals surface area contributed by atoms with Crippen molar-refractivity contribution in [2.24, 2.45) is 0 Å². The van der Waals surface area contributed by atoms with Crippen molar-refractivity contribution >= 4 is 23.2 Å². The number of nitrogens with one attached hydrogen (secondary N) is 3. The second kappa shape index (κ2) is 5.43. The number of nitrogen functional groups attached to an aromatic ring is 1. The Bertz CT molecular complexity index is 643. The molecule has 0 unspecified atom stereocenters. The van der Waals surface area contributed by atoms with Crippen molar-refractivity contribution in [2.45, 2.75) is 13.5 Å². The SMILES string of the molecule is CNC(=O)Cn1cc(NC(=O)c2n[nH]c(C)c2N)cn1. The Kier molecular flexibility index (Phi) is 3.69. The highest BCUT2D eigenvalue weighted by Gasteiger charge is 2.16. The van der Waals surface area contributed by atoms with Crippen molar-refractivity contribution in [1.82, 2.24) is 25.3 Å². The van der Waals surface area contributed by atoms with Crippen LogP contribution in [0.5, 0.6) is 0 Å². The quantitative estimate of drug-likeness (QED) is 0.598. The van der Waals surface area contributed by atoms with Crippen LogP contribution in [0.25, 0.3) is 0 Å². The minimum Gasteiger partial charge on any atom is -0.395 e. The molecule has 0 saturated carbocycles. The van der Waals surface area contributed by atoms with Gasteiger partial charge in [0.1, 0.15) is 6.54 Å². The number of aryl methyl sites for hydroxylation is 1. The molecule has 9 nitrogen and oxygen atoms in total. The first-order valence-electron chi connectivity index (χ1n) is 5.86. The van der Waals surface area contributed by atoms with Crippen LogP contribution in [-0.2, 0) is 11.3 Å². The van der Waals surface area contributed by atoms with Crippen molar-refractivity contribution in [3.8, 4) is 0 Å². The van der Waals surface area contributed by atoms with Crippen molar-refractivity contribution in [1.29, 1.82) is 0 Å². The van der Waals surface area contributed by atoms with Crippen LogP contribution in [0.15, 0.2) is 12.4 Å². The number of aromatic amines is 1. The van der Waals surface area contributed by atoms with E-state index >= 15 is 0 Å². The molecular formula is C11H15N7O2. The van der Waals surface area contributed by atoms with E-state index in [1.165, 1.54) is 17.9 Å². The number of carbonyl (C=O) groups excluding carboxylic acids is 2. The summed E-state index contributed by atoms with van der Waals surface area (Å²) >= 11 is 0. The molecule has 0 radical (unpaired) electrons. The maximum Gasteiger partial charge on any atom is 0.278 e. The fourth-order valence-corrected chi connectivity index (χ4v) is 1.54. The summed E-state index contributed by atoms with van der Waals surface area (Å²) in [5.74, 6) is -0.621. The van der Waals surface area contributed by atoms with Gasteiger partial charge in [-0.25, -0.2) is 0 Å². The van der Waals surface area contributed by atoms with Crippen LogP contribution in [0.2, 0.25) is 0 Å². The van der Waals surface area contributed by atoms with E-state index in [1.807, 2.05) is 0 Å². The van der Waals surface area contributed by atoms with Gasteiger partial charge < -0.3 is 16.4 Å². The van der Waals surface area contributed by atoms with Crippen LogP contribution in [0.1, 0.15) is 16.2 Å². The molecule has 2 rings (SSSR count). The highest BCUT2D eigenvalue weighted by Crippen LogP contribution is 2.14. The average Bonchev–Trinajstić information content (AvgIpc) is 2.98. The number of likely N-dealkylation sites (N-methyl/N-ethyl adjacent to an activating group) is 1. The molecular weight excluding hydrogens is 262 g/mol. The summed E-state index contributed by atoms with van der Waals surface area (Å²) in [6.07, 6.45) is 2.99. The largest absolute Gasteiger partial charge is 0.395 e. The molecule has 106 valence electrons. The number of aromatic nitrogens is 4. The van der Waals surface area contributed by atoms with E-state index in [9.17, 15) is 9.59 Å². The second-order valence-electron chi connectivity index (χ2n) is 4.16. The number of H-pyrrole nitrogens is 1. The maximum atomic E-state index is 11.9. The zero-order valence-corrected chi connectivity index (χ0v) is 11.1. The van der Waals surface area contributed by atoms with Gasteiger partial charge in [0.2, 0.25) is 5.91 Å². The summed E-state index contributed by atoms with van der Waals surface area (Å²) in [6, 6.07) is 0. The zero-order valence-electron chi connectivity index (χ0n) is 11.1. The molecule has 0 aliphatic heterocycles. The standard InChI is InChI=1S/C11H15N7O2/c1-6-9(12)10(17-16-6)11(20)15-7-3-14-18(4-7)5-8(19)13-2/h3-4H,5,12H2,1-2H3,(H,13,19)(H,15,20)(H,16,17). The molecule has 2 aromatic heterocycles. The van der Waals surface area contributed by atoms with Crippen LogP contribution >= 0.6 is 0 Å². The Morgan fingerprint density at radius 1 is 1.50 bits per heavy atom. The molecule has 2 heterocycles. The van der Waals surface area contributed by atoms with Crippen LogP contribution in [0, 0.1) is 6.92 Å². The molecule has 2 amide bonds. The van der Waals surface area contributed by atoms with E-state index in [-0.39, 0.29) is 18.1 Å². The minimum atomic E-state index is -0.439. The summed E-state index contributed by atoms with van der Waals surface area (Å²) in [5, 5.41) is 15.5. The van der Waals surface area contributed by atoms with Gasteiger partial charge in [-0.15, -0.1) is 0 Å². The van der Waals surface area contributed by atoms with E-state index < -0.39 is 5.91 Å². The third-order valence-electron chi connectivity index (χ3n) is 2.69. The first-order valence-corrected chi connectivity index (χ1v) is 5.86. The summed E-state index contributed by atoms with van der Waals surface area (Å²) in [7, 11) is 1.54. The van der Waals surface area contributed by atoms with Crippen molar-refractivity contribution < 1.29 is 9.59 Å². The molecule has 0 saturated heterocycles. The first kappa shape index (κ1) is 13.6. The Hall–Kier alpha value is -2.84. The van der Waals surface area contributed by atoms with Crippen molar-refractivity contribution in [3.63, 3.8) is 0 Å². The summed E-state index contributed by atoms with van der Waals surface area (Å²) in [6.45, 7) is 1.80. The highest BCUT2D eigenvalue weighted by molar-refractivity contribution is 6.06. The Morgan fingerprint density at radius 2 is 2.25 bits per heavy atom. The molecule has 0 fully saturated rings. The number of anilines is 2. The number of hydrogen-bond acceptors (Lipinski definition) is 5. The maximum absolute atomic E-state index is 11.9. The minimum absolute atomic E-state index is 0.0794. The highest BCUT2D eigenvalue weighted by atomic mass is 16.2. The smallest absolute Gasteiger partial charge is 0.278 e. The molecule has 2 aromatic rings. The summed E-state index contributed by atoms with van der Waals surface area (Å²) < 4.78 is 1.41. The molecule has 20 heavy (non-hydrogen) atoms. The van der Waals surface area contributed by atoms with Gasteiger partial charge in [-0.3, -0.25) is 19.4 Å². The van der Waals surface area contributed by atoms with Crippen LogP contribution < -0.4 is 16.4 Å². The summed E-state index contributed by atoms with van der Waals surface area (Å²) in [5.41, 5.74) is 7.24. The van der Waals surface area contributed by atoms with Gasteiger partial charge in [0.05, 0.1) is 23.3 Å². The zero-order chi connectivity index (χ0) is 14.7. The third kappa shape index (κ3) is 2.76. The fraction of sp³-hybridized carbons (Fsp3) is 0.273. The Labute approximate surface area is 114 Å². The molecule has 9 heteroatoms. The third-order valence-corrected chi connectivity index (χ3v) is 2.69. The second-order valence-corrected chi connectivity index (χ2v) is 4.16. The molecule has 0 aromatic carbocycles. The molecule has 5 N–H and O–H groups in total. The van der Waals surface area contributed by atoms with Gasteiger partial charge in [-0.05, 0) is 6.92 Å². The number of nitrogens with zero attached hydrogens (tertiary/aromatic N) is 3. The number of amides is 2. The van der Waals surface area contributed by atoms with E-state index in [4.69, 9.17) is 5.73 Å².